The summed E-state index contributed by atoms with van der Waals surface area (Å²) in [5.41, 5.74) is 0. The fourth-order valence-electron chi connectivity index (χ4n) is 3.23. The van der Waals surface area contributed by atoms with E-state index in [0.29, 0.717) is 0 Å². The summed E-state index contributed by atoms with van der Waals surface area (Å²) in [6.07, 6.45) is 0. The molecule has 0 radical (unpaired) electrons. The summed E-state index contributed by atoms with van der Waals surface area (Å²) >= 11 is -0.201. The van der Waals surface area contributed by atoms with Crippen LogP contribution in [0, 0.1) is 0 Å². The second-order valence-electron chi connectivity index (χ2n) is 5.61. The summed E-state index contributed by atoms with van der Waals surface area (Å²) in [7, 11) is 0. The minimum absolute atomic E-state index is 0.598. The van der Waals surface area contributed by atoms with Gasteiger partial charge in [-0.3, -0.25) is 0 Å². The molecule has 0 heterocycles. The van der Waals surface area contributed by atoms with Crippen LogP contribution in [0.2, 0.25) is 0 Å². The molecule has 24 heavy (non-hydrogen) atoms. The number of hydrogen-bond donors (Lipinski definition) is 1. The first-order chi connectivity index (χ1) is 11.7. The number of benzene rings is 3. The van der Waals surface area contributed by atoms with Gasteiger partial charge in [0.1, 0.15) is 0 Å². The average Bonchev–Trinajstić information content (AvgIpc) is 2.65. The average molecular weight is 488 g/mol. The van der Waals surface area contributed by atoms with E-state index >= 15 is 0 Å². The van der Waals surface area contributed by atoms with E-state index in [2.05, 4.69) is 52.3 Å². The molecule has 0 fully saturated rings. The molecule has 3 aromatic carbocycles. The van der Waals surface area contributed by atoms with Crippen LogP contribution in [0.15, 0.2) is 91.0 Å². The Labute approximate surface area is 154 Å². The zero-order valence-corrected chi connectivity index (χ0v) is 17.4. The Hall–Kier alpha value is -1.59. The van der Waals surface area contributed by atoms with Crippen LogP contribution in [-0.4, -0.2) is 32.3 Å². The van der Waals surface area contributed by atoms with Crippen molar-refractivity contribution < 1.29 is 9.90 Å². The molecule has 0 aliphatic carbocycles. The van der Waals surface area contributed by atoms with Gasteiger partial charge in [0.15, 0.2) is 0 Å². The molecule has 1 unspecified atom stereocenters. The quantitative estimate of drug-likeness (QED) is 0.443. The van der Waals surface area contributed by atoms with Crippen molar-refractivity contribution in [3.63, 3.8) is 0 Å². The Balaban J connectivity index is 2.39. The van der Waals surface area contributed by atoms with E-state index in [1.807, 2.05) is 54.6 Å². The molecule has 0 aliphatic rings. The van der Waals surface area contributed by atoms with Crippen LogP contribution in [0.25, 0.3) is 0 Å². The molecule has 120 valence electrons. The van der Waals surface area contributed by atoms with Crippen molar-refractivity contribution in [2.24, 2.45) is 0 Å². The maximum atomic E-state index is 12.1. The molecule has 0 spiro atoms. The minimum atomic E-state index is -3.77. The van der Waals surface area contributed by atoms with Crippen molar-refractivity contribution in [1.82, 2.24) is 0 Å². The third kappa shape index (κ3) is 3.03. The van der Waals surface area contributed by atoms with Crippen molar-refractivity contribution in [3.8, 4) is 0 Å². The van der Waals surface area contributed by atoms with Gasteiger partial charge in [-0.1, -0.05) is 0 Å². The number of carboxylic acid groups (broad SMARTS) is 1. The van der Waals surface area contributed by atoms with Crippen molar-refractivity contribution in [3.05, 3.63) is 91.0 Å². The Morgan fingerprint density at radius 3 is 1.25 bits per heavy atom. The molecule has 3 aromatic rings. The summed E-state index contributed by atoms with van der Waals surface area (Å²) in [4.78, 5) is 12.1. The van der Waals surface area contributed by atoms with Crippen LogP contribution in [0.5, 0.6) is 0 Å². The first kappa shape index (κ1) is 17.2. The van der Waals surface area contributed by atoms with E-state index in [0.717, 1.165) is 10.7 Å². The topological polar surface area (TPSA) is 37.3 Å². The van der Waals surface area contributed by atoms with Crippen LogP contribution in [-0.2, 0) is 4.79 Å². The van der Waals surface area contributed by atoms with E-state index in [9.17, 15) is 9.90 Å². The third-order valence-corrected chi connectivity index (χ3v) is 22.8. The first-order valence-corrected chi connectivity index (χ1v) is 14.5. The molecular formula is C20H17BrO2Sn. The fourth-order valence-corrected chi connectivity index (χ4v) is 21.1. The molecule has 1 atom stereocenters. The standard InChI is InChI=1S/3C6H5.C2H2BrO2.Sn/c3*1-2-4-6-5-3-1;3-1-2(4)5;/h3*1-5H;1H,(H,4,5);. The van der Waals surface area contributed by atoms with Crippen LogP contribution in [0.3, 0.4) is 0 Å². The Morgan fingerprint density at radius 1 is 0.708 bits per heavy atom. The van der Waals surface area contributed by atoms with E-state index in [-0.39, 0.29) is 0 Å². The van der Waals surface area contributed by atoms with Gasteiger partial charge < -0.3 is 0 Å². The number of carboxylic acids is 1. The zero-order valence-electron chi connectivity index (χ0n) is 13.0. The SMILES string of the molecule is O=C(O)[CH](Br)[Sn]([c]1ccccc1)([c]1ccccc1)[c]1ccccc1. The molecule has 0 saturated carbocycles. The summed E-state index contributed by atoms with van der Waals surface area (Å²) in [6.45, 7) is 0. The van der Waals surface area contributed by atoms with E-state index in [1.54, 1.807) is 0 Å². The van der Waals surface area contributed by atoms with Gasteiger partial charge in [-0.15, -0.1) is 0 Å². The molecule has 1 N–H and O–H groups in total. The van der Waals surface area contributed by atoms with Crippen molar-refractivity contribution in [2.45, 2.75) is 2.84 Å². The van der Waals surface area contributed by atoms with Gasteiger partial charge in [0.25, 0.3) is 0 Å². The molecule has 0 saturated heterocycles. The molecule has 0 bridgehead atoms. The van der Waals surface area contributed by atoms with Gasteiger partial charge in [0.05, 0.1) is 0 Å². The van der Waals surface area contributed by atoms with Crippen molar-refractivity contribution in [1.29, 1.82) is 0 Å². The number of halogens is 1. The van der Waals surface area contributed by atoms with Gasteiger partial charge in [0.2, 0.25) is 0 Å². The zero-order chi connectivity index (χ0) is 17.0. The number of aliphatic carboxylic acids is 1. The molecule has 2 nitrogen and oxygen atoms in total. The third-order valence-electron chi connectivity index (χ3n) is 4.28. The van der Waals surface area contributed by atoms with Crippen LogP contribution < -0.4 is 10.7 Å². The van der Waals surface area contributed by atoms with Crippen molar-refractivity contribution >= 4 is 51.0 Å². The van der Waals surface area contributed by atoms with Crippen LogP contribution >= 0.6 is 15.9 Å². The van der Waals surface area contributed by atoms with Crippen LogP contribution in [0.4, 0.5) is 0 Å². The maximum absolute atomic E-state index is 12.1. The number of rotatable bonds is 5. The van der Waals surface area contributed by atoms with Gasteiger partial charge in [-0.25, -0.2) is 0 Å². The fraction of sp³-hybridized carbons (Fsp3) is 0.0500. The predicted molar refractivity (Wildman–Crippen MR) is 104 cm³/mol. The normalized spacial score (nSPS) is 12.5. The first-order valence-electron chi connectivity index (χ1n) is 7.71. The molecular weight excluding hydrogens is 471 g/mol. The Kier molecular flexibility index (Phi) is 5.41. The number of alkyl halides is 1. The van der Waals surface area contributed by atoms with Crippen molar-refractivity contribution in [2.75, 3.05) is 0 Å². The second kappa shape index (κ2) is 7.53. The van der Waals surface area contributed by atoms with Gasteiger partial charge in [-0.05, 0) is 0 Å². The molecule has 0 amide bonds. The van der Waals surface area contributed by atoms with Gasteiger partial charge in [-0.2, -0.15) is 0 Å². The van der Waals surface area contributed by atoms with Crippen LogP contribution in [0.1, 0.15) is 0 Å². The molecule has 3 rings (SSSR count). The number of hydrogen-bond acceptors (Lipinski definition) is 1. The van der Waals surface area contributed by atoms with E-state index in [1.165, 1.54) is 0 Å². The molecule has 0 aromatic heterocycles. The van der Waals surface area contributed by atoms with E-state index < -0.39 is 27.2 Å². The van der Waals surface area contributed by atoms with Gasteiger partial charge in [0, 0.05) is 0 Å². The predicted octanol–water partition coefficient (Wildman–Crippen LogP) is 2.54. The summed E-state index contributed by atoms with van der Waals surface area (Å²) in [6, 6.07) is 30.3. The monoisotopic (exact) mass is 488 g/mol. The molecule has 4 heteroatoms. The Morgan fingerprint density at radius 2 is 1.00 bits per heavy atom. The Bertz CT molecular complexity index is 710. The van der Waals surface area contributed by atoms with E-state index in [4.69, 9.17) is 0 Å². The number of carbonyl (C=O) groups is 1. The molecule has 0 aliphatic heterocycles. The summed E-state index contributed by atoms with van der Waals surface area (Å²) < 4.78 is 2.84. The second-order valence-corrected chi connectivity index (χ2v) is 20.1. The summed E-state index contributed by atoms with van der Waals surface area (Å²) in [5, 5.41) is 9.91. The van der Waals surface area contributed by atoms with Gasteiger partial charge >= 0.3 is 155 Å². The summed E-state index contributed by atoms with van der Waals surface area (Å²) in [5.74, 6) is -0.803.